The number of pyridine rings is 1. The monoisotopic (exact) mass is 420 g/mol. The Morgan fingerprint density at radius 1 is 1.17 bits per heavy atom. The molecule has 0 aliphatic heterocycles. The first kappa shape index (κ1) is 23.0. The van der Waals surface area contributed by atoms with Gasteiger partial charge in [-0.25, -0.2) is 4.98 Å². The number of Topliss-reactive ketones (excluding diaryl/α,β-unsaturated/α-hetero) is 1. The van der Waals surface area contributed by atoms with Gasteiger partial charge >= 0.3 is 6.18 Å². The number of ketones is 1. The van der Waals surface area contributed by atoms with Gasteiger partial charge in [-0.3, -0.25) is 4.79 Å². The zero-order chi connectivity index (χ0) is 21.8. The number of nitriles is 1. The van der Waals surface area contributed by atoms with E-state index in [0.29, 0.717) is 17.7 Å². The van der Waals surface area contributed by atoms with Crippen LogP contribution in [0.2, 0.25) is 0 Å². The van der Waals surface area contributed by atoms with Crippen molar-refractivity contribution in [2.45, 2.75) is 57.2 Å². The van der Waals surface area contributed by atoms with Crippen LogP contribution in [0.25, 0.3) is 0 Å². The minimum Gasteiger partial charge on any atom is -0.294 e. The summed E-state index contributed by atoms with van der Waals surface area (Å²) in [5, 5.41) is 9.23. The summed E-state index contributed by atoms with van der Waals surface area (Å²) in [7, 11) is 0. The van der Waals surface area contributed by atoms with E-state index in [0.717, 1.165) is 23.4 Å². The molecule has 1 heterocycles. The van der Waals surface area contributed by atoms with Crippen molar-refractivity contribution in [1.29, 1.82) is 5.26 Å². The lowest BCUT2D eigenvalue weighted by Gasteiger charge is -2.19. The van der Waals surface area contributed by atoms with Gasteiger partial charge in [0.05, 0.1) is 11.1 Å². The minimum absolute atomic E-state index is 0.00670. The molecule has 0 atom stereocenters. The van der Waals surface area contributed by atoms with Crippen molar-refractivity contribution >= 4 is 17.5 Å². The van der Waals surface area contributed by atoms with E-state index in [4.69, 9.17) is 5.26 Å². The molecular weight excluding hydrogens is 397 g/mol. The smallest absolute Gasteiger partial charge is 0.294 e. The van der Waals surface area contributed by atoms with Crippen molar-refractivity contribution in [1.82, 2.24) is 4.98 Å². The third-order valence-corrected chi connectivity index (χ3v) is 5.45. The standard InChI is InChI=1S/C22H23F3N2OS/c1-14-12-18(22(23,24)25)17(13-26)20(27-14)29-11-5-6-19(28)15-7-9-16(10-8-15)21(2,3)4/h7-10,12H,5-6,11H2,1-4H3. The Hall–Kier alpha value is -2.33. The predicted octanol–water partition coefficient (Wildman–Crippen LogP) is 6.33. The minimum atomic E-state index is -4.61. The number of carbonyl (C=O) groups is 1. The molecule has 0 radical (unpaired) electrons. The lowest BCUT2D eigenvalue weighted by Crippen LogP contribution is -2.11. The molecule has 2 aromatic rings. The summed E-state index contributed by atoms with van der Waals surface area (Å²) in [5.74, 6) is 0.383. The molecule has 0 saturated carbocycles. The fourth-order valence-corrected chi connectivity index (χ4v) is 3.77. The van der Waals surface area contributed by atoms with E-state index in [9.17, 15) is 18.0 Å². The van der Waals surface area contributed by atoms with Gasteiger partial charge in [-0.15, -0.1) is 11.8 Å². The van der Waals surface area contributed by atoms with E-state index >= 15 is 0 Å². The van der Waals surface area contributed by atoms with Crippen LogP contribution in [0.1, 0.15) is 66.4 Å². The molecule has 29 heavy (non-hydrogen) atoms. The summed E-state index contributed by atoms with van der Waals surface area (Å²) < 4.78 is 39.4. The number of hydrogen-bond donors (Lipinski definition) is 0. The fourth-order valence-electron chi connectivity index (χ4n) is 2.78. The van der Waals surface area contributed by atoms with Crippen LogP contribution in [0.15, 0.2) is 35.4 Å². The maximum Gasteiger partial charge on any atom is 0.417 e. The summed E-state index contributed by atoms with van der Waals surface area (Å²) in [5.41, 5.74) is 0.539. The average molecular weight is 421 g/mol. The topological polar surface area (TPSA) is 53.8 Å². The maximum atomic E-state index is 13.1. The van der Waals surface area contributed by atoms with Gasteiger partial charge in [0.2, 0.25) is 0 Å². The maximum absolute atomic E-state index is 13.1. The Morgan fingerprint density at radius 3 is 2.31 bits per heavy atom. The second-order valence-electron chi connectivity index (χ2n) is 7.80. The quantitative estimate of drug-likeness (QED) is 0.311. The second-order valence-corrected chi connectivity index (χ2v) is 8.89. The molecule has 0 N–H and O–H groups in total. The van der Waals surface area contributed by atoms with Crippen molar-refractivity contribution in [2.75, 3.05) is 5.75 Å². The molecule has 0 fully saturated rings. The highest BCUT2D eigenvalue weighted by Crippen LogP contribution is 2.36. The normalized spacial score (nSPS) is 11.9. The molecule has 7 heteroatoms. The first-order valence-electron chi connectivity index (χ1n) is 9.19. The van der Waals surface area contributed by atoms with Crippen LogP contribution in [0.3, 0.4) is 0 Å². The molecule has 154 valence electrons. The first-order valence-corrected chi connectivity index (χ1v) is 10.2. The molecular formula is C22H23F3N2OS. The lowest BCUT2D eigenvalue weighted by molar-refractivity contribution is -0.138. The first-order chi connectivity index (χ1) is 13.4. The van der Waals surface area contributed by atoms with E-state index in [-0.39, 0.29) is 28.3 Å². The van der Waals surface area contributed by atoms with Crippen LogP contribution in [0.4, 0.5) is 13.2 Å². The number of carbonyl (C=O) groups excluding carboxylic acids is 1. The number of thioether (sulfide) groups is 1. The Balaban J connectivity index is 2.00. The molecule has 2 rings (SSSR count). The highest BCUT2D eigenvalue weighted by atomic mass is 32.2. The Kier molecular flexibility index (Phi) is 7.12. The third-order valence-electron chi connectivity index (χ3n) is 4.39. The van der Waals surface area contributed by atoms with Crippen LogP contribution in [0, 0.1) is 18.3 Å². The third kappa shape index (κ3) is 6.07. The molecule has 0 amide bonds. The van der Waals surface area contributed by atoms with E-state index in [1.54, 1.807) is 6.07 Å². The number of nitrogens with zero attached hydrogens (tertiary/aromatic N) is 2. The molecule has 3 nitrogen and oxygen atoms in total. The fraction of sp³-hybridized carbons (Fsp3) is 0.409. The van der Waals surface area contributed by atoms with Gasteiger partial charge in [-0.2, -0.15) is 18.4 Å². The van der Waals surface area contributed by atoms with Crippen molar-refractivity contribution in [3.63, 3.8) is 0 Å². The SMILES string of the molecule is Cc1cc(C(F)(F)F)c(C#N)c(SCCCC(=O)c2ccc(C(C)(C)C)cc2)n1. The van der Waals surface area contributed by atoms with Gasteiger partial charge in [0, 0.05) is 17.7 Å². The lowest BCUT2D eigenvalue weighted by atomic mass is 9.86. The number of aromatic nitrogens is 1. The number of alkyl halides is 3. The van der Waals surface area contributed by atoms with E-state index in [1.807, 2.05) is 24.3 Å². The van der Waals surface area contributed by atoms with Crippen LogP contribution >= 0.6 is 11.8 Å². The molecule has 1 aromatic carbocycles. The Labute approximate surface area is 173 Å². The largest absolute Gasteiger partial charge is 0.417 e. The zero-order valence-electron chi connectivity index (χ0n) is 16.9. The van der Waals surface area contributed by atoms with Gasteiger partial charge in [0.25, 0.3) is 0 Å². The van der Waals surface area contributed by atoms with Gasteiger partial charge in [0.1, 0.15) is 11.1 Å². The van der Waals surface area contributed by atoms with Gasteiger partial charge < -0.3 is 0 Å². The molecule has 0 aliphatic carbocycles. The summed E-state index contributed by atoms with van der Waals surface area (Å²) in [6.07, 6.45) is -3.85. The van der Waals surface area contributed by atoms with Crippen LogP contribution in [-0.2, 0) is 11.6 Å². The summed E-state index contributed by atoms with van der Waals surface area (Å²) in [4.78, 5) is 16.4. The zero-order valence-corrected chi connectivity index (χ0v) is 17.7. The van der Waals surface area contributed by atoms with Crippen molar-refractivity contribution < 1.29 is 18.0 Å². The summed E-state index contributed by atoms with van der Waals surface area (Å²) in [6.45, 7) is 7.76. The van der Waals surface area contributed by atoms with Crippen molar-refractivity contribution in [3.05, 3.63) is 58.3 Å². The molecule has 0 unspecified atom stereocenters. The molecule has 0 aliphatic rings. The van der Waals surface area contributed by atoms with Crippen LogP contribution < -0.4 is 0 Å². The summed E-state index contributed by atoms with van der Waals surface area (Å²) in [6, 6.07) is 10.00. The van der Waals surface area contributed by atoms with E-state index in [2.05, 4.69) is 25.8 Å². The predicted molar refractivity (Wildman–Crippen MR) is 108 cm³/mol. The highest BCUT2D eigenvalue weighted by molar-refractivity contribution is 7.99. The van der Waals surface area contributed by atoms with Crippen molar-refractivity contribution in [3.8, 4) is 6.07 Å². The molecule has 0 spiro atoms. The number of benzene rings is 1. The molecule has 0 bridgehead atoms. The van der Waals surface area contributed by atoms with Gasteiger partial charge in [-0.05, 0) is 36.1 Å². The number of aryl methyl sites for hydroxylation is 1. The molecule has 1 aromatic heterocycles. The number of halogens is 3. The van der Waals surface area contributed by atoms with Crippen LogP contribution in [-0.4, -0.2) is 16.5 Å². The van der Waals surface area contributed by atoms with Crippen LogP contribution in [0.5, 0.6) is 0 Å². The Morgan fingerprint density at radius 2 is 1.79 bits per heavy atom. The average Bonchev–Trinajstić information content (AvgIpc) is 2.63. The van der Waals surface area contributed by atoms with E-state index < -0.39 is 17.3 Å². The highest BCUT2D eigenvalue weighted by Gasteiger charge is 2.35. The van der Waals surface area contributed by atoms with E-state index in [1.165, 1.54) is 6.92 Å². The van der Waals surface area contributed by atoms with Gasteiger partial charge in [0.15, 0.2) is 5.78 Å². The Bertz CT molecular complexity index is 923. The van der Waals surface area contributed by atoms with Crippen molar-refractivity contribution in [2.24, 2.45) is 0 Å². The number of hydrogen-bond acceptors (Lipinski definition) is 4. The molecule has 0 saturated heterocycles. The second kappa shape index (κ2) is 9.00. The summed E-state index contributed by atoms with van der Waals surface area (Å²) >= 11 is 1.07. The van der Waals surface area contributed by atoms with Gasteiger partial charge in [-0.1, -0.05) is 45.0 Å². The number of rotatable bonds is 6.